The van der Waals surface area contributed by atoms with E-state index in [-0.39, 0.29) is 11.6 Å². The number of epoxide rings is 1. The molecule has 2 saturated carbocycles. The van der Waals surface area contributed by atoms with Crippen LogP contribution in [0.4, 0.5) is 0 Å². The third kappa shape index (κ3) is 1.48. The Labute approximate surface area is 103 Å². The van der Waals surface area contributed by atoms with Crippen LogP contribution in [0.2, 0.25) is 0 Å². The maximum Gasteiger partial charge on any atom is 0.340 e. The summed E-state index contributed by atoms with van der Waals surface area (Å²) in [5.74, 6) is -0.195. The molecule has 0 aromatic rings. The van der Waals surface area contributed by atoms with Crippen molar-refractivity contribution in [3.63, 3.8) is 0 Å². The molecule has 0 radical (unpaired) electrons. The van der Waals surface area contributed by atoms with Gasteiger partial charge in [-0.2, -0.15) is 0 Å². The summed E-state index contributed by atoms with van der Waals surface area (Å²) in [7, 11) is 1.45. The molecule has 1 unspecified atom stereocenters. The van der Waals surface area contributed by atoms with Gasteiger partial charge in [0.25, 0.3) is 0 Å². The molecule has 3 nitrogen and oxygen atoms in total. The summed E-state index contributed by atoms with van der Waals surface area (Å²) in [6.07, 6.45) is 10.1. The van der Waals surface area contributed by atoms with E-state index in [9.17, 15) is 4.79 Å². The predicted octanol–water partition coefficient (Wildman–Crippen LogP) is 2.82. The molecule has 3 rings (SSSR count). The van der Waals surface area contributed by atoms with E-state index in [4.69, 9.17) is 9.47 Å². The van der Waals surface area contributed by atoms with Crippen LogP contribution in [0.15, 0.2) is 0 Å². The molecule has 1 saturated heterocycles. The Morgan fingerprint density at radius 3 is 2.18 bits per heavy atom. The van der Waals surface area contributed by atoms with Crippen LogP contribution in [0.3, 0.4) is 0 Å². The van der Waals surface area contributed by atoms with E-state index in [1.165, 1.54) is 45.6 Å². The van der Waals surface area contributed by atoms with Gasteiger partial charge in [0.2, 0.25) is 0 Å². The molecule has 3 aliphatic rings. The third-order valence-electron chi connectivity index (χ3n) is 5.58. The molecule has 0 bridgehead atoms. The van der Waals surface area contributed by atoms with Gasteiger partial charge in [-0.1, -0.05) is 12.8 Å². The maximum absolute atomic E-state index is 11.7. The second kappa shape index (κ2) is 3.47. The molecule has 3 heteroatoms. The summed E-state index contributed by atoms with van der Waals surface area (Å²) in [6, 6.07) is 0. The number of rotatable bonds is 1. The lowest BCUT2D eigenvalue weighted by Gasteiger charge is -2.36. The van der Waals surface area contributed by atoms with Gasteiger partial charge in [0.1, 0.15) is 5.60 Å². The number of ether oxygens (including phenoxy) is 2. The third-order valence-corrected chi connectivity index (χ3v) is 5.58. The molecular weight excluding hydrogens is 216 g/mol. The molecule has 1 atom stereocenters. The quantitative estimate of drug-likeness (QED) is 0.521. The van der Waals surface area contributed by atoms with E-state index < -0.39 is 5.60 Å². The molecule has 0 aromatic carbocycles. The Morgan fingerprint density at radius 2 is 1.65 bits per heavy atom. The molecule has 3 fully saturated rings. The average molecular weight is 238 g/mol. The lowest BCUT2D eigenvalue weighted by molar-refractivity contribution is -0.146. The van der Waals surface area contributed by atoms with Crippen molar-refractivity contribution in [2.45, 2.75) is 69.5 Å². The van der Waals surface area contributed by atoms with Gasteiger partial charge in [-0.3, -0.25) is 0 Å². The standard InChI is InChI=1S/C14H22O3/c1-12(11(15)16-2)14(17-12)9-7-13(8-10-14)5-3-4-6-13/h3-10H2,1-2H3. The van der Waals surface area contributed by atoms with Crippen LogP contribution in [0.5, 0.6) is 0 Å². The first-order valence-corrected chi connectivity index (χ1v) is 6.85. The predicted molar refractivity (Wildman–Crippen MR) is 63.6 cm³/mol. The largest absolute Gasteiger partial charge is 0.467 e. The smallest absolute Gasteiger partial charge is 0.340 e. The summed E-state index contributed by atoms with van der Waals surface area (Å²) in [4.78, 5) is 11.7. The minimum absolute atomic E-state index is 0.187. The molecular formula is C14H22O3. The monoisotopic (exact) mass is 238 g/mol. The van der Waals surface area contributed by atoms with Crippen molar-refractivity contribution in [2.24, 2.45) is 5.41 Å². The fourth-order valence-electron chi connectivity index (χ4n) is 4.18. The summed E-state index contributed by atoms with van der Waals surface area (Å²) in [5, 5.41) is 0. The van der Waals surface area contributed by atoms with Crippen molar-refractivity contribution >= 4 is 5.97 Å². The molecule has 1 aliphatic heterocycles. The normalized spacial score (nSPS) is 37.3. The molecule has 2 aliphatic carbocycles. The van der Waals surface area contributed by atoms with Gasteiger partial charge in [-0.15, -0.1) is 0 Å². The van der Waals surface area contributed by atoms with E-state index >= 15 is 0 Å². The van der Waals surface area contributed by atoms with Gasteiger partial charge in [-0.05, 0) is 50.9 Å². The van der Waals surface area contributed by atoms with Crippen LogP contribution in [0.1, 0.15) is 58.3 Å². The van der Waals surface area contributed by atoms with Gasteiger partial charge in [0.05, 0.1) is 7.11 Å². The summed E-state index contributed by atoms with van der Waals surface area (Å²) in [6.45, 7) is 1.89. The summed E-state index contributed by atoms with van der Waals surface area (Å²) >= 11 is 0. The van der Waals surface area contributed by atoms with Gasteiger partial charge < -0.3 is 9.47 Å². The highest BCUT2D eigenvalue weighted by molar-refractivity contribution is 5.84. The minimum atomic E-state index is -0.651. The zero-order valence-corrected chi connectivity index (χ0v) is 10.9. The van der Waals surface area contributed by atoms with Crippen molar-refractivity contribution < 1.29 is 14.3 Å². The minimum Gasteiger partial charge on any atom is -0.467 e. The number of esters is 1. The number of hydrogen-bond donors (Lipinski definition) is 0. The SMILES string of the molecule is COC(=O)C1(C)OC12CCC1(CCCC1)CC2. The first-order valence-electron chi connectivity index (χ1n) is 6.85. The summed E-state index contributed by atoms with van der Waals surface area (Å²) in [5.41, 5.74) is -0.246. The molecule has 2 spiro atoms. The number of carbonyl (C=O) groups is 1. The zero-order valence-electron chi connectivity index (χ0n) is 10.9. The Bertz CT molecular complexity index is 333. The van der Waals surface area contributed by atoms with E-state index in [0.717, 1.165) is 12.8 Å². The average Bonchev–Trinajstić information content (AvgIpc) is 2.73. The van der Waals surface area contributed by atoms with Crippen LogP contribution >= 0.6 is 0 Å². The number of hydrogen-bond acceptors (Lipinski definition) is 3. The highest BCUT2D eigenvalue weighted by atomic mass is 16.7. The molecule has 96 valence electrons. The fraction of sp³-hybridized carbons (Fsp3) is 0.929. The lowest BCUT2D eigenvalue weighted by Crippen LogP contribution is -2.38. The molecule has 1 heterocycles. The van der Waals surface area contributed by atoms with Crippen molar-refractivity contribution in [3.05, 3.63) is 0 Å². The Balaban J connectivity index is 1.68. The van der Waals surface area contributed by atoms with E-state index in [0.29, 0.717) is 5.41 Å². The van der Waals surface area contributed by atoms with Crippen LogP contribution in [0, 0.1) is 5.41 Å². The van der Waals surface area contributed by atoms with Crippen molar-refractivity contribution in [2.75, 3.05) is 7.11 Å². The van der Waals surface area contributed by atoms with E-state index in [2.05, 4.69) is 0 Å². The van der Waals surface area contributed by atoms with Crippen LogP contribution in [-0.2, 0) is 14.3 Å². The Morgan fingerprint density at radius 1 is 1.06 bits per heavy atom. The molecule has 0 aromatic heterocycles. The second-order valence-corrected chi connectivity index (χ2v) is 6.33. The molecule has 17 heavy (non-hydrogen) atoms. The topological polar surface area (TPSA) is 38.8 Å². The molecule has 0 amide bonds. The van der Waals surface area contributed by atoms with Gasteiger partial charge in [0, 0.05) is 0 Å². The van der Waals surface area contributed by atoms with E-state index in [1.807, 2.05) is 6.92 Å². The van der Waals surface area contributed by atoms with Crippen LogP contribution in [0.25, 0.3) is 0 Å². The lowest BCUT2D eigenvalue weighted by atomic mass is 9.67. The van der Waals surface area contributed by atoms with Crippen molar-refractivity contribution in [1.82, 2.24) is 0 Å². The summed E-state index contributed by atoms with van der Waals surface area (Å²) < 4.78 is 10.7. The van der Waals surface area contributed by atoms with Gasteiger partial charge >= 0.3 is 5.97 Å². The maximum atomic E-state index is 11.7. The van der Waals surface area contributed by atoms with Crippen molar-refractivity contribution in [3.8, 4) is 0 Å². The van der Waals surface area contributed by atoms with Crippen LogP contribution in [-0.4, -0.2) is 24.3 Å². The van der Waals surface area contributed by atoms with Crippen LogP contribution < -0.4 is 0 Å². The first-order chi connectivity index (χ1) is 8.06. The Kier molecular flexibility index (Phi) is 2.35. The van der Waals surface area contributed by atoms with E-state index in [1.54, 1.807) is 0 Å². The highest BCUT2D eigenvalue weighted by Gasteiger charge is 2.73. The molecule has 0 N–H and O–H groups in total. The zero-order chi connectivity index (χ0) is 12.1. The Hall–Kier alpha value is -0.570. The van der Waals surface area contributed by atoms with Crippen molar-refractivity contribution in [1.29, 1.82) is 0 Å². The first kappa shape index (κ1) is 11.5. The highest BCUT2D eigenvalue weighted by Crippen LogP contribution is 2.62. The number of carbonyl (C=O) groups excluding carboxylic acids is 1. The second-order valence-electron chi connectivity index (χ2n) is 6.33. The van der Waals surface area contributed by atoms with Gasteiger partial charge in [-0.25, -0.2) is 4.79 Å². The van der Waals surface area contributed by atoms with Gasteiger partial charge in [0.15, 0.2) is 5.60 Å². The fourth-order valence-corrected chi connectivity index (χ4v) is 4.18. The number of methoxy groups -OCH3 is 1.